The zero-order valence-electron chi connectivity index (χ0n) is 22.1. The van der Waals surface area contributed by atoms with Gasteiger partial charge in [-0.3, -0.25) is 14.4 Å². The molecular weight excluding hydrogens is 456 g/mol. The van der Waals surface area contributed by atoms with Gasteiger partial charge in [-0.15, -0.1) is 0 Å². The summed E-state index contributed by atoms with van der Waals surface area (Å²) in [5.74, 6) is 0.920. The van der Waals surface area contributed by atoms with Gasteiger partial charge in [0.25, 0.3) is 0 Å². The van der Waals surface area contributed by atoms with Crippen LogP contribution >= 0.6 is 0 Å². The molecule has 0 radical (unpaired) electrons. The van der Waals surface area contributed by atoms with Crippen molar-refractivity contribution in [3.05, 3.63) is 29.3 Å². The number of amides is 3. The average Bonchev–Trinajstić information content (AvgIpc) is 3.69. The van der Waals surface area contributed by atoms with E-state index in [1.807, 2.05) is 13.8 Å². The standard InChI is InChI=1S/C28H42N4O4/c1-17(2)15-23-27(34)29-14-6-9-20-7-5-8-21-12-13-22(36-25(20)21)16-30-24(19-10-11-19)28(35)32(4)18(3)26(33)31-23/h5,7-8,17-19,22-24,30H,6,9-16H2,1-4H3,(H,29,34)(H,31,33)/t18-,22+,23-,24+/m1/s1. The Bertz CT molecular complexity index is 961. The van der Waals surface area contributed by atoms with E-state index >= 15 is 0 Å². The van der Waals surface area contributed by atoms with Gasteiger partial charge < -0.3 is 25.6 Å². The van der Waals surface area contributed by atoms with Crippen molar-refractivity contribution in [2.75, 3.05) is 20.1 Å². The zero-order valence-corrected chi connectivity index (χ0v) is 22.1. The summed E-state index contributed by atoms with van der Waals surface area (Å²) in [6.07, 6.45) is 5.98. The van der Waals surface area contributed by atoms with Crippen molar-refractivity contribution in [1.82, 2.24) is 20.9 Å². The molecule has 4 atom stereocenters. The number of carbonyl (C=O) groups is 3. The van der Waals surface area contributed by atoms with Crippen LogP contribution in [0.5, 0.6) is 5.75 Å². The van der Waals surface area contributed by atoms with Gasteiger partial charge in [-0.25, -0.2) is 0 Å². The van der Waals surface area contributed by atoms with Crippen molar-refractivity contribution >= 4 is 17.7 Å². The third-order valence-electron chi connectivity index (χ3n) is 7.69. The fourth-order valence-corrected chi connectivity index (χ4v) is 5.21. The zero-order chi connectivity index (χ0) is 25.8. The van der Waals surface area contributed by atoms with E-state index in [1.54, 1.807) is 14.0 Å². The number of hydrogen-bond acceptors (Lipinski definition) is 5. The van der Waals surface area contributed by atoms with Crippen molar-refractivity contribution in [3.63, 3.8) is 0 Å². The molecule has 3 aliphatic rings. The van der Waals surface area contributed by atoms with Crippen LogP contribution in [-0.2, 0) is 27.2 Å². The van der Waals surface area contributed by atoms with Gasteiger partial charge in [0.15, 0.2) is 0 Å². The molecule has 0 saturated heterocycles. The van der Waals surface area contributed by atoms with Gasteiger partial charge >= 0.3 is 0 Å². The molecule has 8 heteroatoms. The van der Waals surface area contributed by atoms with Gasteiger partial charge in [-0.1, -0.05) is 32.0 Å². The molecule has 3 amide bonds. The van der Waals surface area contributed by atoms with E-state index in [2.05, 4.69) is 34.1 Å². The number of likely N-dealkylation sites (N-methyl/N-ethyl adjacent to an activating group) is 1. The third kappa shape index (κ3) is 6.38. The Balaban J connectivity index is 1.57. The van der Waals surface area contributed by atoms with E-state index < -0.39 is 12.1 Å². The van der Waals surface area contributed by atoms with Crippen LogP contribution in [0.3, 0.4) is 0 Å². The molecule has 1 aromatic carbocycles. The predicted molar refractivity (Wildman–Crippen MR) is 139 cm³/mol. The van der Waals surface area contributed by atoms with E-state index in [4.69, 9.17) is 4.74 Å². The lowest BCUT2D eigenvalue weighted by atomic mass is 9.96. The Morgan fingerprint density at radius 3 is 2.47 bits per heavy atom. The summed E-state index contributed by atoms with van der Waals surface area (Å²) in [4.78, 5) is 41.1. The molecule has 4 rings (SSSR count). The first-order valence-corrected chi connectivity index (χ1v) is 13.6. The summed E-state index contributed by atoms with van der Waals surface area (Å²) >= 11 is 0. The third-order valence-corrected chi connectivity index (χ3v) is 7.69. The topological polar surface area (TPSA) is 99.8 Å². The van der Waals surface area contributed by atoms with Gasteiger partial charge in [0.1, 0.15) is 23.9 Å². The van der Waals surface area contributed by atoms with Gasteiger partial charge in [-0.05, 0) is 74.8 Å². The Labute approximate surface area is 214 Å². The molecule has 0 aromatic heterocycles. The van der Waals surface area contributed by atoms with Crippen LogP contribution in [0.2, 0.25) is 0 Å². The molecule has 0 unspecified atom stereocenters. The normalized spacial score (nSPS) is 28.6. The first kappa shape index (κ1) is 26.5. The smallest absolute Gasteiger partial charge is 0.243 e. The number of para-hydroxylation sites is 1. The van der Waals surface area contributed by atoms with Gasteiger partial charge in [-0.2, -0.15) is 0 Å². The number of rotatable bonds is 3. The van der Waals surface area contributed by atoms with Crippen LogP contribution in [0.4, 0.5) is 0 Å². The number of nitrogens with zero attached hydrogens (tertiary/aromatic N) is 1. The molecule has 198 valence electrons. The highest BCUT2D eigenvalue weighted by Crippen LogP contribution is 2.35. The number of aryl methyl sites for hydroxylation is 2. The molecular formula is C28H42N4O4. The van der Waals surface area contributed by atoms with Crippen LogP contribution < -0.4 is 20.7 Å². The Morgan fingerprint density at radius 2 is 1.78 bits per heavy atom. The molecule has 2 aliphatic heterocycles. The number of hydrogen-bond donors (Lipinski definition) is 3. The van der Waals surface area contributed by atoms with E-state index in [-0.39, 0.29) is 41.7 Å². The monoisotopic (exact) mass is 498 g/mol. The van der Waals surface area contributed by atoms with Crippen LogP contribution in [0.1, 0.15) is 64.0 Å². The maximum atomic E-state index is 13.5. The molecule has 0 spiro atoms. The number of ether oxygens (including phenoxy) is 1. The molecule has 8 nitrogen and oxygen atoms in total. The second-order valence-electron chi connectivity index (χ2n) is 11.1. The van der Waals surface area contributed by atoms with Crippen molar-refractivity contribution in [2.45, 2.75) is 89.9 Å². The number of carbonyl (C=O) groups excluding carboxylic acids is 3. The fraction of sp³-hybridized carbons (Fsp3) is 0.679. The largest absolute Gasteiger partial charge is 0.489 e. The summed E-state index contributed by atoms with van der Waals surface area (Å²) in [5, 5.41) is 9.42. The van der Waals surface area contributed by atoms with Gasteiger partial charge in [0.05, 0.1) is 6.04 Å². The molecule has 1 aliphatic carbocycles. The summed E-state index contributed by atoms with van der Waals surface area (Å²) in [6.45, 7) is 6.91. The maximum Gasteiger partial charge on any atom is 0.243 e. The highest BCUT2D eigenvalue weighted by atomic mass is 16.5. The molecule has 1 saturated carbocycles. The lowest BCUT2D eigenvalue weighted by molar-refractivity contribution is -0.141. The van der Waals surface area contributed by atoms with Gasteiger partial charge in [0, 0.05) is 20.1 Å². The van der Waals surface area contributed by atoms with E-state index in [0.717, 1.165) is 49.8 Å². The lowest BCUT2D eigenvalue weighted by Gasteiger charge is -2.32. The predicted octanol–water partition coefficient (Wildman–Crippen LogP) is 2.19. The van der Waals surface area contributed by atoms with Crippen molar-refractivity contribution in [1.29, 1.82) is 0 Å². The highest BCUT2D eigenvalue weighted by Gasteiger charge is 2.40. The maximum absolute atomic E-state index is 13.5. The van der Waals surface area contributed by atoms with Crippen LogP contribution in [0.15, 0.2) is 18.2 Å². The van der Waals surface area contributed by atoms with Crippen molar-refractivity contribution in [3.8, 4) is 5.75 Å². The molecule has 3 N–H and O–H groups in total. The van der Waals surface area contributed by atoms with Crippen LogP contribution in [0, 0.1) is 11.8 Å². The molecule has 1 aromatic rings. The minimum Gasteiger partial charge on any atom is -0.489 e. The fourth-order valence-electron chi connectivity index (χ4n) is 5.21. The second-order valence-corrected chi connectivity index (χ2v) is 11.1. The average molecular weight is 499 g/mol. The first-order valence-electron chi connectivity index (χ1n) is 13.6. The summed E-state index contributed by atoms with van der Waals surface area (Å²) < 4.78 is 6.45. The van der Waals surface area contributed by atoms with Crippen molar-refractivity contribution in [2.24, 2.45) is 11.8 Å². The first-order chi connectivity index (χ1) is 17.2. The molecule has 2 heterocycles. The lowest BCUT2D eigenvalue weighted by Crippen LogP contribution is -2.57. The Morgan fingerprint density at radius 1 is 1.06 bits per heavy atom. The van der Waals surface area contributed by atoms with Gasteiger partial charge in [0.2, 0.25) is 17.7 Å². The van der Waals surface area contributed by atoms with E-state index in [0.29, 0.717) is 19.5 Å². The number of benzene rings is 1. The molecule has 36 heavy (non-hydrogen) atoms. The summed E-state index contributed by atoms with van der Waals surface area (Å²) in [5.41, 5.74) is 2.38. The summed E-state index contributed by atoms with van der Waals surface area (Å²) in [7, 11) is 1.68. The quantitative estimate of drug-likeness (QED) is 0.593. The van der Waals surface area contributed by atoms with E-state index in [9.17, 15) is 14.4 Å². The Kier molecular flexibility index (Phi) is 8.54. The van der Waals surface area contributed by atoms with E-state index in [1.165, 1.54) is 10.5 Å². The Hall–Kier alpha value is -2.61. The highest BCUT2D eigenvalue weighted by molar-refractivity contribution is 5.93. The van der Waals surface area contributed by atoms with Crippen LogP contribution in [-0.4, -0.2) is 67.0 Å². The number of nitrogens with one attached hydrogen (secondary N) is 3. The second kappa shape index (κ2) is 11.6. The molecule has 2 bridgehead atoms. The minimum absolute atomic E-state index is 0.00546. The number of fused-ring (bicyclic) bond motifs is 1. The minimum atomic E-state index is -0.678. The van der Waals surface area contributed by atoms with Crippen LogP contribution in [0.25, 0.3) is 0 Å². The van der Waals surface area contributed by atoms with Crippen molar-refractivity contribution < 1.29 is 19.1 Å². The SMILES string of the molecule is CC(C)C[C@H]1NC(=O)[C@@H](C)N(C)C(=O)[C@H](C2CC2)NC[C@@H]2CCc3cccc(c3O2)CCCNC1=O. The summed E-state index contributed by atoms with van der Waals surface area (Å²) in [6, 6.07) is 4.66. The molecule has 1 fully saturated rings.